The lowest BCUT2D eigenvalue weighted by Gasteiger charge is -2.23. The summed E-state index contributed by atoms with van der Waals surface area (Å²) in [7, 11) is 0. The van der Waals surface area contributed by atoms with E-state index in [4.69, 9.17) is 20.3 Å². The highest BCUT2D eigenvalue weighted by atomic mass is 16.7. The van der Waals surface area contributed by atoms with E-state index in [0.717, 1.165) is 25.9 Å². The average molecular weight is 446 g/mol. The van der Waals surface area contributed by atoms with E-state index in [1.807, 2.05) is 10.7 Å². The molecule has 2 aliphatic heterocycles. The number of nitrogens with one attached hydrogen (secondary N) is 3. The second-order valence-corrected chi connectivity index (χ2v) is 8.01. The summed E-state index contributed by atoms with van der Waals surface area (Å²) in [6.45, 7) is 1.84. The highest BCUT2D eigenvalue weighted by Crippen LogP contribution is 2.48. The molecule has 1 aromatic carbocycles. The molecule has 1 amide bonds. The van der Waals surface area contributed by atoms with Gasteiger partial charge in [0.05, 0.1) is 17.1 Å². The van der Waals surface area contributed by atoms with E-state index in [1.165, 1.54) is 6.33 Å². The number of H-pyrrole nitrogens is 1. The Hall–Kier alpha value is -4.12. The fraction of sp³-hybridized carbons (Fsp3) is 0.273. The monoisotopic (exact) mass is 446 g/mol. The Labute approximate surface area is 188 Å². The second kappa shape index (κ2) is 7.78. The molecule has 1 atom stereocenters. The molecule has 3 aromatic heterocycles. The highest BCUT2D eigenvalue weighted by molar-refractivity contribution is 6.05. The Balaban J connectivity index is 1.46. The Morgan fingerprint density at radius 3 is 2.94 bits per heavy atom. The van der Waals surface area contributed by atoms with Gasteiger partial charge in [0.25, 0.3) is 5.91 Å². The quantitative estimate of drug-likeness (QED) is 0.374. The summed E-state index contributed by atoms with van der Waals surface area (Å²) < 4.78 is 13.5. The lowest BCUT2D eigenvalue weighted by molar-refractivity contribution is 0.102. The minimum Gasteiger partial charge on any atom is -0.453 e. The Bertz CT molecular complexity index is 1340. The zero-order chi connectivity index (χ0) is 22.4. The van der Waals surface area contributed by atoms with Crippen LogP contribution in [0, 0.1) is 0 Å². The van der Waals surface area contributed by atoms with Crippen LogP contribution in [0.2, 0.25) is 0 Å². The Morgan fingerprint density at radius 2 is 2.12 bits per heavy atom. The number of aromatic nitrogens is 5. The first-order valence-electron chi connectivity index (χ1n) is 10.8. The normalized spacial score (nSPS) is 17.4. The molecule has 0 unspecified atom stereocenters. The van der Waals surface area contributed by atoms with Crippen LogP contribution in [0.5, 0.6) is 11.5 Å². The van der Waals surface area contributed by atoms with E-state index in [9.17, 15) is 4.79 Å². The summed E-state index contributed by atoms with van der Waals surface area (Å²) in [5.74, 6) is 1.02. The molecule has 6 rings (SSSR count). The van der Waals surface area contributed by atoms with Crippen LogP contribution in [-0.2, 0) is 0 Å². The zero-order valence-electron chi connectivity index (χ0n) is 17.7. The fourth-order valence-electron chi connectivity index (χ4n) is 4.42. The van der Waals surface area contributed by atoms with Gasteiger partial charge in [0, 0.05) is 18.3 Å². The number of hydrogen-bond acceptors (Lipinski definition) is 8. The number of nitrogens with two attached hydrogens (primary N) is 1. The van der Waals surface area contributed by atoms with Crippen LogP contribution in [0.15, 0.2) is 36.8 Å². The predicted molar refractivity (Wildman–Crippen MR) is 121 cm³/mol. The number of piperidine rings is 1. The van der Waals surface area contributed by atoms with E-state index in [1.54, 1.807) is 24.4 Å². The average Bonchev–Trinajstić information content (AvgIpc) is 3.60. The first-order chi connectivity index (χ1) is 16.2. The number of nitrogen functional groups attached to an aromatic ring is 1. The molecule has 5 N–H and O–H groups in total. The summed E-state index contributed by atoms with van der Waals surface area (Å²) in [6, 6.07) is 7.24. The van der Waals surface area contributed by atoms with Gasteiger partial charge in [-0.15, -0.1) is 0 Å². The molecule has 0 spiro atoms. The minimum absolute atomic E-state index is 0.0366. The third-order valence-corrected chi connectivity index (χ3v) is 6.00. The molecule has 168 valence electrons. The molecule has 1 saturated heterocycles. The Morgan fingerprint density at radius 1 is 1.21 bits per heavy atom. The zero-order valence-corrected chi connectivity index (χ0v) is 17.7. The molecule has 1 fully saturated rings. The number of amides is 1. The summed E-state index contributed by atoms with van der Waals surface area (Å²) in [5.41, 5.74) is 9.25. The number of ether oxygens (including phenoxy) is 2. The van der Waals surface area contributed by atoms with E-state index in [-0.39, 0.29) is 18.7 Å². The van der Waals surface area contributed by atoms with Gasteiger partial charge in [0.15, 0.2) is 17.1 Å². The number of carbonyl (C=O) groups is 1. The summed E-state index contributed by atoms with van der Waals surface area (Å²) >= 11 is 0. The fourth-order valence-corrected chi connectivity index (χ4v) is 4.42. The maximum absolute atomic E-state index is 12.5. The van der Waals surface area contributed by atoms with Crippen molar-refractivity contribution in [3.63, 3.8) is 0 Å². The maximum atomic E-state index is 12.5. The number of benzene rings is 1. The number of hydrogen-bond donors (Lipinski definition) is 4. The molecule has 0 aliphatic carbocycles. The van der Waals surface area contributed by atoms with E-state index < -0.39 is 0 Å². The summed E-state index contributed by atoms with van der Waals surface area (Å²) in [4.78, 5) is 24.1. The standard InChI is InChI=1S/C22H22N8O3/c23-20-16-17(29-30(21(16)27-10-26-20)12-3-1-7-24-9-12)13-5-6-14(19-18(13)32-11-33-19)28-22(31)15-4-2-8-25-15/h2,4-6,8,10,12,24-25H,1,3,7,9,11H2,(H,28,31)(H2,23,26,27)/t12-/m1/s1. The number of rotatable bonds is 4. The van der Waals surface area contributed by atoms with Crippen LogP contribution >= 0.6 is 0 Å². The lowest BCUT2D eigenvalue weighted by Crippen LogP contribution is -2.32. The van der Waals surface area contributed by atoms with Crippen molar-refractivity contribution < 1.29 is 14.3 Å². The smallest absolute Gasteiger partial charge is 0.272 e. The molecule has 5 heterocycles. The molecule has 33 heavy (non-hydrogen) atoms. The molecular formula is C22H22N8O3. The first-order valence-corrected chi connectivity index (χ1v) is 10.8. The van der Waals surface area contributed by atoms with Gasteiger partial charge in [0.2, 0.25) is 6.79 Å². The molecule has 0 radical (unpaired) electrons. The molecule has 11 heteroatoms. The number of aromatic amines is 1. The molecule has 11 nitrogen and oxygen atoms in total. The number of anilines is 2. The van der Waals surface area contributed by atoms with Gasteiger partial charge < -0.3 is 30.8 Å². The number of carbonyl (C=O) groups excluding carboxylic acids is 1. The van der Waals surface area contributed by atoms with Crippen LogP contribution < -0.4 is 25.8 Å². The summed E-state index contributed by atoms with van der Waals surface area (Å²) in [5, 5.41) is 11.9. The van der Waals surface area contributed by atoms with Crippen LogP contribution in [0.1, 0.15) is 29.4 Å². The maximum Gasteiger partial charge on any atom is 0.272 e. The van der Waals surface area contributed by atoms with Crippen molar-refractivity contribution in [3.05, 3.63) is 42.5 Å². The van der Waals surface area contributed by atoms with Crippen molar-refractivity contribution in [2.75, 3.05) is 30.9 Å². The topological polar surface area (TPSA) is 145 Å². The van der Waals surface area contributed by atoms with Gasteiger partial charge in [-0.05, 0) is 43.7 Å². The van der Waals surface area contributed by atoms with Gasteiger partial charge in [-0.2, -0.15) is 5.10 Å². The molecule has 4 aromatic rings. The van der Waals surface area contributed by atoms with Crippen molar-refractivity contribution in [2.45, 2.75) is 18.9 Å². The SMILES string of the molecule is Nc1ncnc2c1c(-c1ccc(NC(=O)c3ccc[nH]3)c3c1OCO3)nn2[C@@H]1CCCNC1. The molecular weight excluding hydrogens is 424 g/mol. The van der Waals surface area contributed by atoms with Crippen LogP contribution in [-0.4, -0.2) is 50.5 Å². The third kappa shape index (κ3) is 3.24. The first kappa shape index (κ1) is 19.6. The third-order valence-electron chi connectivity index (χ3n) is 6.00. The lowest BCUT2D eigenvalue weighted by atomic mass is 10.1. The van der Waals surface area contributed by atoms with Crippen molar-refractivity contribution in [2.24, 2.45) is 0 Å². The number of nitrogens with zero attached hydrogens (tertiary/aromatic N) is 4. The van der Waals surface area contributed by atoms with E-state index in [0.29, 0.717) is 51.0 Å². The molecule has 2 aliphatic rings. The van der Waals surface area contributed by atoms with Crippen molar-refractivity contribution in [1.82, 2.24) is 30.0 Å². The number of fused-ring (bicyclic) bond motifs is 2. The second-order valence-electron chi connectivity index (χ2n) is 8.01. The highest BCUT2D eigenvalue weighted by Gasteiger charge is 2.29. The van der Waals surface area contributed by atoms with Crippen LogP contribution in [0.3, 0.4) is 0 Å². The van der Waals surface area contributed by atoms with Crippen molar-refractivity contribution >= 4 is 28.4 Å². The molecule has 0 saturated carbocycles. The Kier molecular flexibility index (Phi) is 4.61. The van der Waals surface area contributed by atoms with Gasteiger partial charge in [-0.3, -0.25) is 4.79 Å². The van der Waals surface area contributed by atoms with Crippen LogP contribution in [0.25, 0.3) is 22.3 Å². The van der Waals surface area contributed by atoms with Gasteiger partial charge in [0.1, 0.15) is 23.5 Å². The van der Waals surface area contributed by atoms with Gasteiger partial charge >= 0.3 is 0 Å². The minimum atomic E-state index is -0.275. The summed E-state index contributed by atoms with van der Waals surface area (Å²) in [6.07, 6.45) is 5.20. The van der Waals surface area contributed by atoms with Gasteiger partial charge in [-0.1, -0.05) is 0 Å². The van der Waals surface area contributed by atoms with Crippen molar-refractivity contribution in [3.8, 4) is 22.8 Å². The molecule has 0 bridgehead atoms. The largest absolute Gasteiger partial charge is 0.453 e. The van der Waals surface area contributed by atoms with Crippen molar-refractivity contribution in [1.29, 1.82) is 0 Å². The van der Waals surface area contributed by atoms with E-state index >= 15 is 0 Å². The van der Waals surface area contributed by atoms with Gasteiger partial charge in [-0.25, -0.2) is 14.6 Å². The predicted octanol–water partition coefficient (Wildman–Crippen LogP) is 2.31. The van der Waals surface area contributed by atoms with Crippen LogP contribution in [0.4, 0.5) is 11.5 Å². The van der Waals surface area contributed by atoms with E-state index in [2.05, 4.69) is 25.6 Å².